The van der Waals surface area contributed by atoms with Crippen LogP contribution in [0.4, 0.5) is 0 Å². The van der Waals surface area contributed by atoms with Gasteiger partial charge in [-0.25, -0.2) is 4.79 Å². The fourth-order valence-electron chi connectivity index (χ4n) is 3.67. The van der Waals surface area contributed by atoms with Gasteiger partial charge in [-0.05, 0) is 45.1 Å². The zero-order valence-electron chi connectivity index (χ0n) is 15.7. The summed E-state index contributed by atoms with van der Waals surface area (Å²) in [5.41, 5.74) is 1.26. The predicted octanol–water partition coefficient (Wildman–Crippen LogP) is 1.95. The van der Waals surface area contributed by atoms with Crippen LogP contribution in [-0.2, 0) is 20.1 Å². The largest absolute Gasteiger partial charge is 0.478 e. The van der Waals surface area contributed by atoms with Gasteiger partial charge in [0.1, 0.15) is 11.6 Å². The van der Waals surface area contributed by atoms with Gasteiger partial charge >= 0.3 is 5.97 Å². The van der Waals surface area contributed by atoms with E-state index in [1.54, 1.807) is 12.1 Å². The molecule has 1 aromatic carbocycles. The van der Waals surface area contributed by atoms with Gasteiger partial charge in [0.15, 0.2) is 0 Å². The Kier molecular flexibility index (Phi) is 5.68. The van der Waals surface area contributed by atoms with Crippen LogP contribution in [0.25, 0.3) is 0 Å². The van der Waals surface area contributed by atoms with E-state index in [0.717, 1.165) is 49.7 Å². The van der Waals surface area contributed by atoms with Crippen LogP contribution in [0.3, 0.4) is 0 Å². The van der Waals surface area contributed by atoms with E-state index in [1.807, 2.05) is 33.3 Å². The van der Waals surface area contributed by atoms with Crippen molar-refractivity contribution in [3.05, 3.63) is 47.0 Å². The lowest BCUT2D eigenvalue weighted by Crippen LogP contribution is -2.35. The number of carboxylic acids is 1. The van der Waals surface area contributed by atoms with Gasteiger partial charge in [0.25, 0.3) is 0 Å². The normalized spacial score (nSPS) is 18.4. The summed E-state index contributed by atoms with van der Waals surface area (Å²) in [7, 11) is 6.08. The van der Waals surface area contributed by atoms with Gasteiger partial charge in [-0.1, -0.05) is 18.2 Å². The minimum atomic E-state index is -0.865. The highest BCUT2D eigenvalue weighted by atomic mass is 16.4. The second-order valence-corrected chi connectivity index (χ2v) is 7.31. The molecule has 1 unspecified atom stereocenters. The van der Waals surface area contributed by atoms with Crippen LogP contribution in [0.2, 0.25) is 0 Å². The number of carboxylic acid groups (broad SMARTS) is 1. The van der Waals surface area contributed by atoms with Crippen molar-refractivity contribution in [2.75, 3.05) is 27.2 Å². The van der Waals surface area contributed by atoms with E-state index in [2.05, 4.69) is 24.6 Å². The first-order chi connectivity index (χ1) is 12.5. The highest BCUT2D eigenvalue weighted by Gasteiger charge is 2.26. The molecule has 2 aromatic rings. The summed E-state index contributed by atoms with van der Waals surface area (Å²) < 4.78 is 2.11. The molecule has 1 aliphatic heterocycles. The van der Waals surface area contributed by atoms with Gasteiger partial charge in [0.05, 0.1) is 12.1 Å². The molecule has 7 heteroatoms. The Bertz CT molecular complexity index is 771. The maximum absolute atomic E-state index is 11.4. The Balaban J connectivity index is 1.72. The standard InChI is InChI=1S/C19H27N5O2/c1-22(2)13-17-20-21-18(23(17)3)15-8-6-10-24(12-15)11-14-7-4-5-9-16(14)19(25)26/h4-5,7,9,15H,6,8,10-13H2,1-3H3,(H,25,26). The Morgan fingerprint density at radius 3 is 2.81 bits per heavy atom. The molecule has 1 saturated heterocycles. The highest BCUT2D eigenvalue weighted by molar-refractivity contribution is 5.89. The van der Waals surface area contributed by atoms with Gasteiger partial charge in [-0.15, -0.1) is 10.2 Å². The maximum Gasteiger partial charge on any atom is 0.336 e. The summed E-state index contributed by atoms with van der Waals surface area (Å²) in [6.07, 6.45) is 2.17. The number of nitrogens with zero attached hydrogens (tertiary/aromatic N) is 5. The van der Waals surface area contributed by atoms with Crippen molar-refractivity contribution < 1.29 is 9.90 Å². The summed E-state index contributed by atoms with van der Waals surface area (Å²) in [6, 6.07) is 7.26. The topological polar surface area (TPSA) is 74.5 Å². The van der Waals surface area contributed by atoms with Crippen LogP contribution in [0.1, 0.15) is 46.3 Å². The number of rotatable bonds is 6. The van der Waals surface area contributed by atoms with E-state index >= 15 is 0 Å². The zero-order chi connectivity index (χ0) is 18.7. The van der Waals surface area contributed by atoms with Crippen LogP contribution < -0.4 is 0 Å². The monoisotopic (exact) mass is 357 g/mol. The van der Waals surface area contributed by atoms with Crippen LogP contribution >= 0.6 is 0 Å². The molecule has 7 nitrogen and oxygen atoms in total. The third kappa shape index (κ3) is 4.11. The van der Waals surface area contributed by atoms with Crippen molar-refractivity contribution >= 4 is 5.97 Å². The second-order valence-electron chi connectivity index (χ2n) is 7.31. The molecule has 0 spiro atoms. The van der Waals surface area contributed by atoms with E-state index in [0.29, 0.717) is 18.0 Å². The van der Waals surface area contributed by atoms with E-state index < -0.39 is 5.97 Å². The van der Waals surface area contributed by atoms with Crippen molar-refractivity contribution in [2.24, 2.45) is 7.05 Å². The van der Waals surface area contributed by atoms with Gasteiger partial charge in [-0.3, -0.25) is 4.90 Å². The van der Waals surface area contributed by atoms with E-state index in [-0.39, 0.29) is 0 Å². The molecule has 2 heterocycles. The van der Waals surface area contributed by atoms with Gasteiger partial charge in [-0.2, -0.15) is 0 Å². The fourth-order valence-corrected chi connectivity index (χ4v) is 3.67. The number of benzene rings is 1. The van der Waals surface area contributed by atoms with Crippen LogP contribution in [-0.4, -0.2) is 62.8 Å². The molecule has 140 valence electrons. The smallest absolute Gasteiger partial charge is 0.336 e. The maximum atomic E-state index is 11.4. The average molecular weight is 357 g/mol. The van der Waals surface area contributed by atoms with Gasteiger partial charge in [0, 0.05) is 26.1 Å². The molecule has 1 fully saturated rings. The van der Waals surface area contributed by atoms with E-state index in [9.17, 15) is 9.90 Å². The molecular formula is C19H27N5O2. The minimum Gasteiger partial charge on any atom is -0.478 e. The van der Waals surface area contributed by atoms with E-state index in [4.69, 9.17) is 0 Å². The predicted molar refractivity (Wildman–Crippen MR) is 99.0 cm³/mol. The number of aromatic nitrogens is 3. The van der Waals surface area contributed by atoms with Crippen LogP contribution in [0, 0.1) is 0 Å². The van der Waals surface area contributed by atoms with E-state index in [1.165, 1.54) is 0 Å². The quantitative estimate of drug-likeness (QED) is 0.852. The molecule has 1 aromatic heterocycles. The molecule has 0 amide bonds. The first-order valence-corrected chi connectivity index (χ1v) is 9.02. The van der Waals surface area contributed by atoms with Gasteiger partial charge < -0.3 is 14.6 Å². The summed E-state index contributed by atoms with van der Waals surface area (Å²) in [5.74, 6) is 1.46. The molecule has 26 heavy (non-hydrogen) atoms. The number of likely N-dealkylation sites (tertiary alicyclic amines) is 1. The third-order valence-corrected chi connectivity index (χ3v) is 4.97. The number of hydrogen-bond donors (Lipinski definition) is 1. The molecule has 0 radical (unpaired) electrons. The summed E-state index contributed by atoms with van der Waals surface area (Å²) >= 11 is 0. The molecule has 0 bridgehead atoms. The Hall–Kier alpha value is -2.25. The molecule has 3 rings (SSSR count). The number of aromatic carboxylic acids is 1. The molecular weight excluding hydrogens is 330 g/mol. The SMILES string of the molecule is CN(C)Cc1nnc(C2CCCN(Cc3ccccc3C(=O)O)C2)n1C. The summed E-state index contributed by atoms with van der Waals surface area (Å²) in [5, 5.41) is 18.2. The number of carbonyl (C=O) groups is 1. The molecule has 1 aliphatic rings. The van der Waals surface area contributed by atoms with Crippen LogP contribution in [0.15, 0.2) is 24.3 Å². The summed E-state index contributed by atoms with van der Waals surface area (Å²) in [6.45, 7) is 3.28. The Morgan fingerprint density at radius 1 is 1.31 bits per heavy atom. The minimum absolute atomic E-state index is 0.328. The Labute approximate surface area is 154 Å². The van der Waals surface area contributed by atoms with Crippen molar-refractivity contribution in [3.63, 3.8) is 0 Å². The highest BCUT2D eigenvalue weighted by Crippen LogP contribution is 2.27. The fraction of sp³-hybridized carbons (Fsp3) is 0.526. The van der Waals surface area contributed by atoms with Crippen molar-refractivity contribution in [1.29, 1.82) is 0 Å². The second kappa shape index (κ2) is 7.97. The molecule has 0 saturated carbocycles. The average Bonchev–Trinajstić information content (AvgIpc) is 2.95. The number of piperidine rings is 1. The van der Waals surface area contributed by atoms with Crippen molar-refractivity contribution in [2.45, 2.75) is 31.8 Å². The lowest BCUT2D eigenvalue weighted by atomic mass is 9.96. The number of hydrogen-bond acceptors (Lipinski definition) is 5. The molecule has 0 aliphatic carbocycles. The lowest BCUT2D eigenvalue weighted by Gasteiger charge is -2.32. The lowest BCUT2D eigenvalue weighted by molar-refractivity contribution is 0.0694. The first kappa shape index (κ1) is 18.5. The third-order valence-electron chi connectivity index (χ3n) is 4.97. The molecule has 1 N–H and O–H groups in total. The Morgan fingerprint density at radius 2 is 2.08 bits per heavy atom. The van der Waals surface area contributed by atoms with Crippen LogP contribution in [0.5, 0.6) is 0 Å². The molecule has 1 atom stereocenters. The van der Waals surface area contributed by atoms with Crippen molar-refractivity contribution in [1.82, 2.24) is 24.6 Å². The van der Waals surface area contributed by atoms with Crippen molar-refractivity contribution in [3.8, 4) is 0 Å². The summed E-state index contributed by atoms with van der Waals surface area (Å²) in [4.78, 5) is 15.9. The van der Waals surface area contributed by atoms with Gasteiger partial charge in [0.2, 0.25) is 0 Å². The zero-order valence-corrected chi connectivity index (χ0v) is 15.7. The first-order valence-electron chi connectivity index (χ1n) is 9.02.